The molecule has 1 aliphatic carbocycles. The van der Waals surface area contributed by atoms with Crippen molar-refractivity contribution < 1.29 is 4.79 Å². The molecule has 1 fully saturated rings. The van der Waals surface area contributed by atoms with Crippen LogP contribution in [0.15, 0.2) is 36.7 Å². The Labute approximate surface area is 123 Å². The first-order valence-electron chi connectivity index (χ1n) is 7.42. The number of carbonyl (C=O) groups is 1. The zero-order valence-electron chi connectivity index (χ0n) is 11.9. The molecular formula is C15H19N5O. The number of nitrogens with zero attached hydrogens (tertiary/aromatic N) is 4. The molecule has 0 aliphatic heterocycles. The summed E-state index contributed by atoms with van der Waals surface area (Å²) in [6, 6.07) is 9.37. The molecule has 3 rings (SSSR count). The maximum Gasteiger partial charge on any atom is 0.249 e. The first-order chi connectivity index (χ1) is 10.3. The van der Waals surface area contributed by atoms with E-state index in [2.05, 4.69) is 20.8 Å². The van der Waals surface area contributed by atoms with E-state index in [9.17, 15) is 4.79 Å². The van der Waals surface area contributed by atoms with Crippen molar-refractivity contribution in [2.24, 2.45) is 0 Å². The third-order valence-electron chi connectivity index (χ3n) is 3.94. The molecule has 0 bridgehead atoms. The summed E-state index contributed by atoms with van der Waals surface area (Å²) in [5, 5.41) is 14.4. The molecule has 1 unspecified atom stereocenters. The summed E-state index contributed by atoms with van der Waals surface area (Å²) in [6.07, 6.45) is 7.24. The third kappa shape index (κ3) is 3.26. The fourth-order valence-electron chi connectivity index (χ4n) is 2.87. The Morgan fingerprint density at radius 2 is 1.95 bits per heavy atom. The lowest BCUT2D eigenvalue weighted by atomic mass is 9.95. The smallest absolute Gasteiger partial charge is 0.249 e. The van der Waals surface area contributed by atoms with Gasteiger partial charge in [-0.3, -0.25) is 4.79 Å². The molecule has 1 aliphatic rings. The molecule has 2 aromatic rings. The standard InChI is InChI=1S/C15H19N5O/c21-15(17-13-9-5-2-6-10-13)14(20-11-16-18-19-20)12-7-3-1-4-8-12/h1,3-4,7-8,11,13-14H,2,5-6,9-10H2,(H,17,21). The van der Waals surface area contributed by atoms with Crippen LogP contribution in [0.2, 0.25) is 0 Å². The second-order valence-corrected chi connectivity index (χ2v) is 5.45. The number of rotatable bonds is 4. The van der Waals surface area contributed by atoms with Gasteiger partial charge in [-0.05, 0) is 28.8 Å². The van der Waals surface area contributed by atoms with Crippen LogP contribution in [-0.2, 0) is 4.79 Å². The maximum atomic E-state index is 12.7. The number of carbonyl (C=O) groups excluding carboxylic acids is 1. The highest BCUT2D eigenvalue weighted by Gasteiger charge is 2.26. The van der Waals surface area contributed by atoms with E-state index in [1.165, 1.54) is 30.3 Å². The van der Waals surface area contributed by atoms with Crippen LogP contribution in [-0.4, -0.2) is 32.2 Å². The van der Waals surface area contributed by atoms with Gasteiger partial charge in [-0.1, -0.05) is 49.6 Å². The number of benzene rings is 1. The zero-order chi connectivity index (χ0) is 14.5. The van der Waals surface area contributed by atoms with Gasteiger partial charge in [-0.2, -0.15) is 0 Å². The number of tetrazole rings is 1. The fourth-order valence-corrected chi connectivity index (χ4v) is 2.87. The van der Waals surface area contributed by atoms with Crippen LogP contribution >= 0.6 is 0 Å². The minimum Gasteiger partial charge on any atom is -0.351 e. The van der Waals surface area contributed by atoms with Gasteiger partial charge in [0.05, 0.1) is 0 Å². The Morgan fingerprint density at radius 1 is 1.19 bits per heavy atom. The molecule has 1 amide bonds. The van der Waals surface area contributed by atoms with Crippen molar-refractivity contribution in [3.63, 3.8) is 0 Å². The van der Waals surface area contributed by atoms with Crippen LogP contribution in [0.4, 0.5) is 0 Å². The zero-order valence-corrected chi connectivity index (χ0v) is 11.9. The summed E-state index contributed by atoms with van der Waals surface area (Å²) in [5.74, 6) is -0.0413. The molecule has 0 spiro atoms. The van der Waals surface area contributed by atoms with Crippen LogP contribution in [0.5, 0.6) is 0 Å². The Balaban J connectivity index is 1.80. The number of aromatic nitrogens is 4. The molecule has 110 valence electrons. The highest BCUT2D eigenvalue weighted by molar-refractivity contribution is 5.83. The molecular weight excluding hydrogens is 266 g/mol. The molecule has 21 heavy (non-hydrogen) atoms. The van der Waals surface area contributed by atoms with E-state index >= 15 is 0 Å². The third-order valence-corrected chi connectivity index (χ3v) is 3.94. The van der Waals surface area contributed by atoms with Gasteiger partial charge in [0, 0.05) is 6.04 Å². The average molecular weight is 285 g/mol. The number of amides is 1. The predicted octanol–water partition coefficient (Wildman–Crippen LogP) is 1.71. The van der Waals surface area contributed by atoms with Crippen molar-refractivity contribution in [3.8, 4) is 0 Å². The average Bonchev–Trinajstić information content (AvgIpc) is 3.03. The quantitative estimate of drug-likeness (QED) is 0.928. The molecule has 0 radical (unpaired) electrons. The Bertz CT molecular complexity index is 563. The predicted molar refractivity (Wildman–Crippen MR) is 77.4 cm³/mol. The second kappa shape index (κ2) is 6.47. The first kappa shape index (κ1) is 13.7. The lowest BCUT2D eigenvalue weighted by Crippen LogP contribution is -2.41. The van der Waals surface area contributed by atoms with Gasteiger partial charge >= 0.3 is 0 Å². The normalized spacial score (nSPS) is 17.3. The lowest BCUT2D eigenvalue weighted by Gasteiger charge is -2.25. The summed E-state index contributed by atoms with van der Waals surface area (Å²) in [5.41, 5.74) is 0.887. The van der Waals surface area contributed by atoms with Gasteiger partial charge in [0.15, 0.2) is 6.04 Å². The Kier molecular flexibility index (Phi) is 4.23. The van der Waals surface area contributed by atoms with Gasteiger partial charge in [-0.25, -0.2) is 4.68 Å². The van der Waals surface area contributed by atoms with E-state index in [4.69, 9.17) is 0 Å². The van der Waals surface area contributed by atoms with Crippen LogP contribution in [0.25, 0.3) is 0 Å². The van der Waals surface area contributed by atoms with E-state index in [-0.39, 0.29) is 11.9 Å². The van der Waals surface area contributed by atoms with E-state index in [0.717, 1.165) is 18.4 Å². The van der Waals surface area contributed by atoms with Crippen molar-refractivity contribution in [2.45, 2.75) is 44.2 Å². The van der Waals surface area contributed by atoms with Gasteiger partial charge in [0.2, 0.25) is 5.91 Å². The molecule has 6 heteroatoms. The minimum atomic E-state index is -0.511. The SMILES string of the molecule is O=C(NC1CCCCC1)C(c1ccccc1)n1cnnn1. The van der Waals surface area contributed by atoms with E-state index in [1.807, 2.05) is 30.3 Å². The lowest BCUT2D eigenvalue weighted by molar-refractivity contribution is -0.124. The van der Waals surface area contributed by atoms with Crippen molar-refractivity contribution >= 4 is 5.91 Å². The second-order valence-electron chi connectivity index (χ2n) is 5.45. The summed E-state index contributed by atoms with van der Waals surface area (Å²) >= 11 is 0. The van der Waals surface area contributed by atoms with E-state index in [1.54, 1.807) is 0 Å². The summed E-state index contributed by atoms with van der Waals surface area (Å²) in [6.45, 7) is 0. The largest absolute Gasteiger partial charge is 0.351 e. The monoisotopic (exact) mass is 285 g/mol. The topological polar surface area (TPSA) is 72.7 Å². The van der Waals surface area contributed by atoms with Gasteiger partial charge in [0.1, 0.15) is 6.33 Å². The van der Waals surface area contributed by atoms with Crippen molar-refractivity contribution in [2.75, 3.05) is 0 Å². The van der Waals surface area contributed by atoms with Crippen molar-refractivity contribution in [1.82, 2.24) is 25.5 Å². The molecule has 1 N–H and O–H groups in total. The minimum absolute atomic E-state index is 0.0413. The van der Waals surface area contributed by atoms with E-state index in [0.29, 0.717) is 0 Å². The molecule has 1 atom stereocenters. The maximum absolute atomic E-state index is 12.7. The summed E-state index contributed by atoms with van der Waals surface area (Å²) in [7, 11) is 0. The van der Waals surface area contributed by atoms with Crippen LogP contribution in [0.3, 0.4) is 0 Å². The highest BCUT2D eigenvalue weighted by atomic mass is 16.2. The number of hydrogen-bond donors (Lipinski definition) is 1. The Hall–Kier alpha value is -2.24. The van der Waals surface area contributed by atoms with Crippen molar-refractivity contribution in [1.29, 1.82) is 0 Å². The number of nitrogens with one attached hydrogen (secondary N) is 1. The first-order valence-corrected chi connectivity index (χ1v) is 7.42. The molecule has 1 aromatic heterocycles. The Morgan fingerprint density at radius 3 is 2.62 bits per heavy atom. The van der Waals surface area contributed by atoms with Gasteiger partial charge in [0.25, 0.3) is 0 Å². The molecule has 1 aromatic carbocycles. The summed E-state index contributed by atoms with van der Waals surface area (Å²) in [4.78, 5) is 12.7. The van der Waals surface area contributed by atoms with E-state index < -0.39 is 6.04 Å². The summed E-state index contributed by atoms with van der Waals surface area (Å²) < 4.78 is 1.51. The van der Waals surface area contributed by atoms with Gasteiger partial charge in [-0.15, -0.1) is 5.10 Å². The van der Waals surface area contributed by atoms with Crippen LogP contribution < -0.4 is 5.32 Å². The van der Waals surface area contributed by atoms with Crippen LogP contribution in [0.1, 0.15) is 43.7 Å². The number of hydrogen-bond acceptors (Lipinski definition) is 4. The van der Waals surface area contributed by atoms with Gasteiger partial charge < -0.3 is 5.32 Å². The molecule has 1 saturated carbocycles. The van der Waals surface area contributed by atoms with Crippen LogP contribution in [0, 0.1) is 0 Å². The molecule has 0 saturated heterocycles. The van der Waals surface area contributed by atoms with Crippen molar-refractivity contribution in [3.05, 3.63) is 42.2 Å². The highest BCUT2D eigenvalue weighted by Crippen LogP contribution is 2.21. The molecule has 6 nitrogen and oxygen atoms in total. The molecule has 1 heterocycles. The fraction of sp³-hybridized carbons (Fsp3) is 0.467.